The van der Waals surface area contributed by atoms with E-state index >= 15 is 0 Å². The van der Waals surface area contributed by atoms with Gasteiger partial charge in [-0.1, -0.05) is 82.6 Å². The Morgan fingerprint density at radius 2 is 1.48 bits per heavy atom. The summed E-state index contributed by atoms with van der Waals surface area (Å²) in [5, 5.41) is 9.65. The summed E-state index contributed by atoms with van der Waals surface area (Å²) in [6.07, 6.45) is 4.92. The molecular weight excluding hydrogens is 530 g/mol. The molecule has 40 heavy (non-hydrogen) atoms. The zero-order valence-corrected chi connectivity index (χ0v) is 21.8. The van der Waals surface area contributed by atoms with Gasteiger partial charge in [-0.05, 0) is 36.4 Å². The Balaban J connectivity index is 1.45. The summed E-state index contributed by atoms with van der Waals surface area (Å²) in [5.74, 6) is 0.527. The van der Waals surface area contributed by atoms with Gasteiger partial charge in [0.15, 0.2) is 11.3 Å². The molecule has 0 aliphatic carbocycles. The molecule has 0 amide bonds. The highest BCUT2D eigenvalue weighted by Gasteiger charge is 2.24. The average Bonchev–Trinajstić information content (AvgIpc) is 3.64. The first-order valence-electron chi connectivity index (χ1n) is 12.2. The standard InChI is InChI=1S/C31H20ClN3O5/c1-37-31(36)25-24(39-34-27(25)19-8-4-2-5-9-19)17-12-21-18-33-30(38-23-15-13-22(32)14-16-23)26-28(35-40-29(21)26)20-10-6-3-7-11-20/h2-18H,1H3. The molecule has 0 unspecified atom stereocenters. The van der Waals surface area contributed by atoms with Gasteiger partial charge in [0, 0.05) is 27.9 Å². The maximum atomic E-state index is 12.7. The Bertz CT molecular complexity index is 1830. The van der Waals surface area contributed by atoms with E-state index in [9.17, 15) is 4.79 Å². The number of nitrogens with zero attached hydrogens (tertiary/aromatic N) is 3. The van der Waals surface area contributed by atoms with E-state index in [4.69, 9.17) is 30.1 Å². The molecule has 0 atom stereocenters. The van der Waals surface area contributed by atoms with Gasteiger partial charge in [0.2, 0.25) is 5.88 Å². The van der Waals surface area contributed by atoms with Gasteiger partial charge in [-0.25, -0.2) is 9.78 Å². The largest absolute Gasteiger partial charge is 0.465 e. The molecule has 9 heteroatoms. The second-order valence-electron chi connectivity index (χ2n) is 8.64. The minimum atomic E-state index is -0.569. The number of hydrogen-bond donors (Lipinski definition) is 0. The van der Waals surface area contributed by atoms with Crippen LogP contribution in [0.3, 0.4) is 0 Å². The maximum Gasteiger partial charge on any atom is 0.344 e. The highest BCUT2D eigenvalue weighted by molar-refractivity contribution is 6.30. The molecule has 3 aromatic heterocycles. The highest BCUT2D eigenvalue weighted by Crippen LogP contribution is 2.38. The van der Waals surface area contributed by atoms with Crippen molar-refractivity contribution in [3.8, 4) is 34.1 Å². The monoisotopic (exact) mass is 549 g/mol. The van der Waals surface area contributed by atoms with Gasteiger partial charge in [-0.15, -0.1) is 0 Å². The van der Waals surface area contributed by atoms with E-state index in [-0.39, 0.29) is 11.3 Å². The van der Waals surface area contributed by atoms with E-state index in [2.05, 4.69) is 15.3 Å². The Morgan fingerprint density at radius 1 is 0.825 bits per heavy atom. The van der Waals surface area contributed by atoms with Crippen LogP contribution >= 0.6 is 11.6 Å². The van der Waals surface area contributed by atoms with Gasteiger partial charge in [0.1, 0.15) is 28.1 Å². The third-order valence-electron chi connectivity index (χ3n) is 6.13. The van der Waals surface area contributed by atoms with Crippen LogP contribution in [0, 0.1) is 0 Å². The summed E-state index contributed by atoms with van der Waals surface area (Å²) < 4.78 is 22.5. The Kier molecular flexibility index (Phi) is 6.82. The van der Waals surface area contributed by atoms with Crippen LogP contribution in [-0.2, 0) is 4.74 Å². The molecule has 0 spiro atoms. The second-order valence-corrected chi connectivity index (χ2v) is 9.07. The topological polar surface area (TPSA) is 100 Å². The van der Waals surface area contributed by atoms with Gasteiger partial charge in [0.25, 0.3) is 0 Å². The van der Waals surface area contributed by atoms with Crippen molar-refractivity contribution in [2.45, 2.75) is 0 Å². The van der Waals surface area contributed by atoms with Crippen molar-refractivity contribution in [1.82, 2.24) is 15.3 Å². The summed E-state index contributed by atoms with van der Waals surface area (Å²) in [5.41, 5.74) is 3.75. The molecule has 0 aliphatic heterocycles. The Morgan fingerprint density at radius 3 is 2.15 bits per heavy atom. The fourth-order valence-electron chi connectivity index (χ4n) is 4.21. The third kappa shape index (κ3) is 4.83. The molecule has 0 aliphatic rings. The van der Waals surface area contributed by atoms with Crippen molar-refractivity contribution in [2.24, 2.45) is 0 Å². The Hall–Kier alpha value is -5.21. The molecule has 0 radical (unpaired) electrons. The number of aromatic nitrogens is 3. The number of carbonyl (C=O) groups is 1. The first-order valence-corrected chi connectivity index (χ1v) is 12.6. The molecule has 8 nitrogen and oxygen atoms in total. The molecule has 0 N–H and O–H groups in total. The van der Waals surface area contributed by atoms with E-state index in [1.165, 1.54) is 7.11 Å². The molecule has 0 saturated heterocycles. The number of rotatable bonds is 7. The summed E-state index contributed by atoms with van der Waals surface area (Å²) in [6, 6.07) is 25.8. The van der Waals surface area contributed by atoms with Crippen LogP contribution in [0.25, 0.3) is 45.6 Å². The van der Waals surface area contributed by atoms with Crippen LogP contribution in [0.4, 0.5) is 0 Å². The van der Waals surface area contributed by atoms with Gasteiger partial charge in [-0.3, -0.25) is 0 Å². The maximum absolute atomic E-state index is 12.7. The number of benzene rings is 3. The number of fused-ring (bicyclic) bond motifs is 1. The lowest BCUT2D eigenvalue weighted by Crippen LogP contribution is -2.03. The zero-order valence-electron chi connectivity index (χ0n) is 21.1. The van der Waals surface area contributed by atoms with Crippen LogP contribution < -0.4 is 4.74 Å². The summed E-state index contributed by atoms with van der Waals surface area (Å²) in [4.78, 5) is 17.3. The fraction of sp³-hybridized carbons (Fsp3) is 0.0323. The minimum absolute atomic E-state index is 0.208. The molecule has 0 saturated carbocycles. The zero-order chi connectivity index (χ0) is 27.5. The van der Waals surface area contributed by atoms with E-state index in [0.717, 1.165) is 11.1 Å². The first kappa shape index (κ1) is 25.1. The van der Waals surface area contributed by atoms with Crippen molar-refractivity contribution >= 4 is 40.7 Å². The number of carbonyl (C=O) groups excluding carboxylic acids is 1. The predicted octanol–water partition coefficient (Wildman–Crippen LogP) is 7.95. The smallest absolute Gasteiger partial charge is 0.344 e. The van der Waals surface area contributed by atoms with Gasteiger partial charge < -0.3 is 18.5 Å². The number of hydrogen-bond acceptors (Lipinski definition) is 8. The quantitative estimate of drug-likeness (QED) is 0.185. The third-order valence-corrected chi connectivity index (χ3v) is 6.39. The average molecular weight is 550 g/mol. The van der Waals surface area contributed by atoms with Crippen molar-refractivity contribution in [3.05, 3.63) is 113 Å². The fourth-order valence-corrected chi connectivity index (χ4v) is 4.34. The van der Waals surface area contributed by atoms with Gasteiger partial charge >= 0.3 is 5.97 Å². The number of methoxy groups -OCH3 is 1. The molecule has 196 valence electrons. The van der Waals surface area contributed by atoms with E-state index in [1.807, 2.05) is 60.7 Å². The SMILES string of the molecule is COC(=O)c1c(-c2ccccc2)noc1C=Cc1cnc(Oc2ccc(Cl)cc2)c2c(-c3ccccc3)noc12. The minimum Gasteiger partial charge on any atom is -0.465 e. The van der Waals surface area contributed by atoms with Crippen molar-refractivity contribution < 1.29 is 23.3 Å². The first-order chi connectivity index (χ1) is 19.6. The van der Waals surface area contributed by atoms with E-state index in [0.29, 0.717) is 44.6 Å². The molecule has 3 aromatic carbocycles. The van der Waals surface area contributed by atoms with Crippen molar-refractivity contribution in [3.63, 3.8) is 0 Å². The Labute approximate surface area is 233 Å². The highest BCUT2D eigenvalue weighted by atomic mass is 35.5. The molecule has 3 heterocycles. The number of halogens is 1. The number of pyridine rings is 1. The van der Waals surface area contributed by atoms with Crippen molar-refractivity contribution in [2.75, 3.05) is 7.11 Å². The van der Waals surface area contributed by atoms with Crippen LogP contribution in [0.1, 0.15) is 21.7 Å². The predicted molar refractivity (Wildman–Crippen MR) is 151 cm³/mol. The van der Waals surface area contributed by atoms with E-state index < -0.39 is 5.97 Å². The lowest BCUT2D eigenvalue weighted by molar-refractivity contribution is 0.0600. The lowest BCUT2D eigenvalue weighted by atomic mass is 10.0. The number of esters is 1. The van der Waals surface area contributed by atoms with E-state index in [1.54, 1.807) is 42.6 Å². The summed E-state index contributed by atoms with van der Waals surface area (Å²) in [7, 11) is 1.31. The van der Waals surface area contributed by atoms with Crippen molar-refractivity contribution in [1.29, 1.82) is 0 Å². The van der Waals surface area contributed by atoms with Gasteiger partial charge in [-0.2, -0.15) is 0 Å². The van der Waals surface area contributed by atoms with Crippen LogP contribution in [0.5, 0.6) is 11.6 Å². The lowest BCUT2D eigenvalue weighted by Gasteiger charge is -2.07. The summed E-state index contributed by atoms with van der Waals surface area (Å²) in [6.45, 7) is 0. The summed E-state index contributed by atoms with van der Waals surface area (Å²) >= 11 is 6.03. The normalized spacial score (nSPS) is 11.2. The molecule has 0 bridgehead atoms. The van der Waals surface area contributed by atoms with Gasteiger partial charge in [0.05, 0.1) is 7.11 Å². The van der Waals surface area contributed by atoms with Crippen LogP contribution in [0.2, 0.25) is 5.02 Å². The molecule has 6 aromatic rings. The molecule has 0 fully saturated rings. The molecule has 6 rings (SSSR count). The van der Waals surface area contributed by atoms with Crippen LogP contribution in [0.15, 0.2) is 100 Å². The second kappa shape index (κ2) is 10.9. The number of ether oxygens (including phenoxy) is 2. The van der Waals surface area contributed by atoms with Crippen LogP contribution in [-0.4, -0.2) is 28.4 Å². The molecular formula is C31H20ClN3O5.